The van der Waals surface area contributed by atoms with Crippen molar-refractivity contribution in [3.8, 4) is 5.75 Å². The van der Waals surface area contributed by atoms with Crippen LogP contribution in [0.15, 0.2) is 71.8 Å². The Morgan fingerprint density at radius 1 is 1.04 bits per heavy atom. The van der Waals surface area contributed by atoms with Gasteiger partial charge in [-0.05, 0) is 88.3 Å². The Bertz CT molecular complexity index is 990. The number of amides is 1. The van der Waals surface area contributed by atoms with Crippen molar-refractivity contribution in [2.45, 2.75) is 6.61 Å². The molecule has 7 heteroatoms. The van der Waals surface area contributed by atoms with Gasteiger partial charge in [-0.25, -0.2) is 5.43 Å². The normalized spacial score (nSPS) is 10.8. The van der Waals surface area contributed by atoms with Gasteiger partial charge in [0.15, 0.2) is 0 Å². The van der Waals surface area contributed by atoms with E-state index in [1.165, 1.54) is 9.64 Å². The lowest BCUT2D eigenvalue weighted by molar-refractivity contribution is 0.0955. The third-order valence-electron chi connectivity index (χ3n) is 3.75. The fourth-order valence-corrected chi connectivity index (χ4v) is 3.15. The van der Waals surface area contributed by atoms with Crippen LogP contribution in [0.2, 0.25) is 10.0 Å². The maximum Gasteiger partial charge on any atom is 0.272 e. The highest BCUT2D eigenvalue weighted by Gasteiger charge is 2.09. The minimum absolute atomic E-state index is 0.273. The van der Waals surface area contributed by atoms with Crippen LogP contribution >= 0.6 is 45.8 Å². The molecule has 0 fully saturated rings. The first-order valence-corrected chi connectivity index (χ1v) is 10.1. The third-order valence-corrected chi connectivity index (χ3v) is 5.02. The molecule has 0 atom stereocenters. The summed E-state index contributed by atoms with van der Waals surface area (Å²) < 4.78 is 6.96. The van der Waals surface area contributed by atoms with Crippen molar-refractivity contribution < 1.29 is 9.53 Å². The first kappa shape index (κ1) is 20.6. The second kappa shape index (κ2) is 9.91. The van der Waals surface area contributed by atoms with Crippen molar-refractivity contribution >= 4 is 57.9 Å². The molecule has 0 heterocycles. The number of rotatable bonds is 6. The number of benzene rings is 3. The fraction of sp³-hybridized carbons (Fsp3) is 0.0476. The first-order valence-electron chi connectivity index (χ1n) is 8.27. The molecule has 0 saturated heterocycles. The minimum atomic E-state index is -0.407. The zero-order chi connectivity index (χ0) is 19.9. The second-order valence-electron chi connectivity index (χ2n) is 5.81. The van der Waals surface area contributed by atoms with Crippen molar-refractivity contribution in [1.29, 1.82) is 0 Å². The van der Waals surface area contributed by atoms with E-state index < -0.39 is 5.91 Å². The average molecular weight is 525 g/mol. The molecule has 0 bridgehead atoms. The van der Waals surface area contributed by atoms with E-state index >= 15 is 0 Å². The number of nitrogens with zero attached hydrogens (tertiary/aromatic N) is 1. The van der Waals surface area contributed by atoms with E-state index in [2.05, 4.69) is 33.1 Å². The number of ether oxygens (including phenoxy) is 1. The van der Waals surface area contributed by atoms with Gasteiger partial charge in [0.2, 0.25) is 0 Å². The van der Waals surface area contributed by atoms with Gasteiger partial charge in [-0.3, -0.25) is 4.79 Å². The fourth-order valence-electron chi connectivity index (χ4n) is 2.30. The Labute approximate surface area is 186 Å². The Hall–Kier alpha value is -2.09. The smallest absolute Gasteiger partial charge is 0.272 e. The average Bonchev–Trinajstić information content (AvgIpc) is 2.68. The first-order chi connectivity index (χ1) is 13.5. The molecule has 0 aliphatic carbocycles. The summed E-state index contributed by atoms with van der Waals surface area (Å²) in [6, 6.07) is 20.2. The molecule has 3 aromatic rings. The molecule has 28 heavy (non-hydrogen) atoms. The summed E-state index contributed by atoms with van der Waals surface area (Å²) in [5.74, 6) is 0.350. The van der Waals surface area contributed by atoms with Crippen molar-refractivity contribution in [3.63, 3.8) is 0 Å². The molecular weight excluding hydrogens is 510 g/mol. The van der Waals surface area contributed by atoms with Gasteiger partial charge in [-0.2, -0.15) is 5.10 Å². The van der Waals surface area contributed by atoms with Crippen molar-refractivity contribution in [2.75, 3.05) is 0 Å². The molecule has 0 aliphatic heterocycles. The van der Waals surface area contributed by atoms with Crippen LogP contribution in [0, 0.1) is 3.57 Å². The van der Waals surface area contributed by atoms with Crippen LogP contribution < -0.4 is 10.2 Å². The summed E-state index contributed by atoms with van der Waals surface area (Å²) in [4.78, 5) is 12.1. The number of halogens is 3. The molecular formula is C21H15Cl2IN2O2. The summed E-state index contributed by atoms with van der Waals surface area (Å²) in [6.07, 6.45) is 1.55. The zero-order valence-electron chi connectivity index (χ0n) is 14.5. The summed E-state index contributed by atoms with van der Waals surface area (Å²) in [7, 11) is 0. The number of nitrogens with one attached hydrogen (secondary N) is 1. The Kier molecular flexibility index (Phi) is 7.30. The molecule has 4 nitrogen and oxygen atoms in total. The van der Waals surface area contributed by atoms with Gasteiger partial charge in [0, 0.05) is 8.59 Å². The molecule has 3 aromatic carbocycles. The van der Waals surface area contributed by atoms with Gasteiger partial charge in [-0.15, -0.1) is 0 Å². The van der Waals surface area contributed by atoms with Crippen molar-refractivity contribution in [3.05, 3.63) is 97.0 Å². The van der Waals surface area contributed by atoms with Crippen LogP contribution in [0.4, 0.5) is 0 Å². The van der Waals surface area contributed by atoms with Crippen LogP contribution in [-0.2, 0) is 6.61 Å². The molecule has 0 saturated carbocycles. The predicted octanol–water partition coefficient (Wildman–Crippen LogP) is 5.94. The molecule has 0 radical (unpaired) electrons. The van der Waals surface area contributed by atoms with Crippen molar-refractivity contribution in [1.82, 2.24) is 5.43 Å². The number of hydrazone groups is 1. The lowest BCUT2D eigenvalue weighted by atomic mass is 10.2. The van der Waals surface area contributed by atoms with Gasteiger partial charge in [0.25, 0.3) is 5.91 Å². The highest BCUT2D eigenvalue weighted by atomic mass is 127. The molecule has 0 aliphatic rings. The number of carbonyl (C=O) groups is 1. The van der Waals surface area contributed by atoms with Gasteiger partial charge in [0.05, 0.1) is 16.8 Å². The Balaban J connectivity index is 1.53. The van der Waals surface area contributed by atoms with Gasteiger partial charge < -0.3 is 4.74 Å². The maximum atomic E-state index is 12.1. The van der Waals surface area contributed by atoms with Crippen LogP contribution in [0.5, 0.6) is 5.75 Å². The number of hydrogen-bond donors (Lipinski definition) is 1. The lowest BCUT2D eigenvalue weighted by Gasteiger charge is -2.06. The van der Waals surface area contributed by atoms with Crippen LogP contribution in [0.25, 0.3) is 0 Å². The summed E-state index contributed by atoms with van der Waals surface area (Å²) in [5, 5.41) is 4.70. The molecule has 0 unspecified atom stereocenters. The second-order valence-corrected chi connectivity index (χ2v) is 7.90. The van der Waals surface area contributed by atoms with Gasteiger partial charge in [-0.1, -0.05) is 35.3 Å². The van der Waals surface area contributed by atoms with E-state index in [1.807, 2.05) is 48.5 Å². The van der Waals surface area contributed by atoms with E-state index in [0.717, 1.165) is 16.9 Å². The zero-order valence-corrected chi connectivity index (χ0v) is 18.2. The lowest BCUT2D eigenvalue weighted by Crippen LogP contribution is -2.18. The number of hydrogen-bond acceptors (Lipinski definition) is 3. The maximum absolute atomic E-state index is 12.1. The van der Waals surface area contributed by atoms with Crippen LogP contribution in [0.1, 0.15) is 21.5 Å². The SMILES string of the molecule is O=C(N/N=C\c1ccc(OCc2ccc(I)cc2)cc1)c1ccc(Cl)cc1Cl. The van der Waals surface area contributed by atoms with Crippen molar-refractivity contribution in [2.24, 2.45) is 5.10 Å². The third kappa shape index (κ3) is 5.95. The highest BCUT2D eigenvalue weighted by Crippen LogP contribution is 2.20. The molecule has 0 spiro atoms. The molecule has 1 N–H and O–H groups in total. The highest BCUT2D eigenvalue weighted by molar-refractivity contribution is 14.1. The van der Waals surface area contributed by atoms with E-state index in [9.17, 15) is 4.79 Å². The topological polar surface area (TPSA) is 50.7 Å². The van der Waals surface area contributed by atoms with Gasteiger partial charge >= 0.3 is 0 Å². The van der Waals surface area contributed by atoms with E-state index in [1.54, 1.807) is 18.3 Å². The predicted molar refractivity (Wildman–Crippen MR) is 121 cm³/mol. The number of carbonyl (C=O) groups excluding carboxylic acids is 1. The Morgan fingerprint density at radius 2 is 1.75 bits per heavy atom. The molecule has 3 rings (SSSR count). The minimum Gasteiger partial charge on any atom is -0.489 e. The Morgan fingerprint density at radius 3 is 2.43 bits per heavy atom. The monoisotopic (exact) mass is 524 g/mol. The summed E-state index contributed by atoms with van der Waals surface area (Å²) in [5.41, 5.74) is 4.68. The molecule has 142 valence electrons. The summed E-state index contributed by atoms with van der Waals surface area (Å²) in [6.45, 7) is 0.502. The largest absolute Gasteiger partial charge is 0.489 e. The van der Waals surface area contributed by atoms with Gasteiger partial charge in [0.1, 0.15) is 12.4 Å². The van der Waals surface area contributed by atoms with E-state index in [0.29, 0.717) is 17.2 Å². The standard InChI is InChI=1S/C21H15Cl2IN2O2/c22-16-5-10-19(20(23)11-16)21(27)26-25-12-14-3-8-18(9-4-14)28-13-15-1-6-17(24)7-2-15/h1-12H,13H2,(H,26,27)/b25-12-. The van der Waals surface area contributed by atoms with E-state index in [-0.39, 0.29) is 5.02 Å². The van der Waals surface area contributed by atoms with E-state index in [4.69, 9.17) is 27.9 Å². The summed E-state index contributed by atoms with van der Waals surface area (Å²) >= 11 is 14.1. The molecule has 1 amide bonds. The quantitative estimate of drug-likeness (QED) is 0.246. The molecule has 0 aromatic heterocycles. The van der Waals surface area contributed by atoms with Crippen LogP contribution in [0.3, 0.4) is 0 Å². The van der Waals surface area contributed by atoms with Crippen LogP contribution in [-0.4, -0.2) is 12.1 Å².